The smallest absolute Gasteiger partial charge is 0.326 e. The van der Waals surface area contributed by atoms with Gasteiger partial charge in [-0.1, -0.05) is 91.6 Å². The highest BCUT2D eigenvalue weighted by Crippen LogP contribution is 2.31. The lowest BCUT2D eigenvalue weighted by molar-refractivity contribution is -0.149. The molecule has 2 aliphatic rings. The van der Waals surface area contributed by atoms with Crippen molar-refractivity contribution >= 4 is 79.2 Å². The molecule has 3 N–H and O–H groups in total. The molecule has 0 aromatic heterocycles. The Morgan fingerprint density at radius 2 is 1.46 bits per heavy atom. The first kappa shape index (κ1) is 58.1. The number of aliphatic carboxylic acids is 1. The Kier molecular flexibility index (Phi) is 23.3. The second kappa shape index (κ2) is 27.3. The van der Waals surface area contributed by atoms with Crippen molar-refractivity contribution in [2.24, 2.45) is 23.7 Å². The number of carbonyl (C=O) groups excluding carboxylic acids is 7. The van der Waals surface area contributed by atoms with Crippen molar-refractivity contribution in [3.05, 3.63) is 44.9 Å². The highest BCUT2D eigenvalue weighted by molar-refractivity contribution is 9.14. The summed E-state index contributed by atoms with van der Waals surface area (Å²) in [7, 11) is 6.20. The van der Waals surface area contributed by atoms with Gasteiger partial charge in [-0.25, -0.2) is 4.79 Å². The van der Waals surface area contributed by atoms with Crippen molar-refractivity contribution in [1.82, 2.24) is 30.2 Å². The summed E-state index contributed by atoms with van der Waals surface area (Å²) in [6, 6.07) is 4.93. The van der Waals surface area contributed by atoms with Crippen LogP contribution in [0.1, 0.15) is 105 Å². The van der Waals surface area contributed by atoms with Crippen molar-refractivity contribution in [3.8, 4) is 0 Å². The lowest BCUT2D eigenvalue weighted by atomic mass is 9.89. The zero-order chi connectivity index (χ0) is 51.2. The minimum atomic E-state index is -1.16. The highest BCUT2D eigenvalue weighted by Gasteiger charge is 2.44. The van der Waals surface area contributed by atoms with Gasteiger partial charge < -0.3 is 39.9 Å². The van der Waals surface area contributed by atoms with Crippen LogP contribution in [0.4, 0.5) is 0 Å². The molecule has 0 saturated carbocycles. The first-order valence-corrected chi connectivity index (χ1v) is 25.3. The molecule has 0 aliphatic carbocycles. The second-order valence-electron chi connectivity index (χ2n) is 18.8. The molecule has 2 aliphatic heterocycles. The number of ether oxygens (including phenoxy) is 2. The summed E-state index contributed by atoms with van der Waals surface area (Å²) in [5, 5.41) is 15.6. The molecule has 19 heteroatoms. The standard InChI is InChI=1S/C49H74Br2N6O11/c1-12-30(6)42(35(67-10)27-37(59)56-25-19-22-34(56)43(68-11)31(7)44(60)52-33(49(65)66)26-32-20-15-13-16-21-32)55(9)48(64)40(28(2)3)53-45(61)41(29(4)5)54(8)36(58)23-17-14-18-24-57-46(62)38(50)39(51)47(57)63/h13,15-16,20-21,28-31,33-35,40-43H,12,14,17-19,22-27H2,1-11H3,(H,52,60)(H,53,61)(H,65,66)/t30-,31-,33+,34+,35-,40+,41+,42+,43-/m1/s1. The minimum Gasteiger partial charge on any atom is -0.480 e. The predicted octanol–water partition coefficient (Wildman–Crippen LogP) is 5.27. The van der Waals surface area contributed by atoms with Crippen LogP contribution in [0.15, 0.2) is 39.3 Å². The first-order chi connectivity index (χ1) is 32.0. The number of unbranched alkanes of at least 4 members (excludes halogenated alkanes) is 2. The molecule has 1 fully saturated rings. The number of amides is 7. The van der Waals surface area contributed by atoms with Gasteiger partial charge in [0.1, 0.15) is 27.1 Å². The lowest BCUT2D eigenvalue weighted by Gasteiger charge is -2.41. The molecule has 0 unspecified atom stereocenters. The number of carboxylic acids is 1. The summed E-state index contributed by atoms with van der Waals surface area (Å²) in [6.45, 7) is 13.6. The summed E-state index contributed by atoms with van der Waals surface area (Å²) >= 11 is 6.25. The maximum Gasteiger partial charge on any atom is 0.326 e. The van der Waals surface area contributed by atoms with E-state index < -0.39 is 77.9 Å². The maximum atomic E-state index is 14.6. The van der Waals surface area contributed by atoms with Gasteiger partial charge in [-0.15, -0.1) is 0 Å². The van der Waals surface area contributed by atoms with Crippen LogP contribution in [-0.4, -0.2) is 156 Å². The van der Waals surface area contributed by atoms with E-state index in [0.29, 0.717) is 45.1 Å². The molecule has 380 valence electrons. The van der Waals surface area contributed by atoms with Gasteiger partial charge in [-0.2, -0.15) is 0 Å². The van der Waals surface area contributed by atoms with Crippen LogP contribution in [0.5, 0.6) is 0 Å². The molecule has 0 spiro atoms. The Labute approximate surface area is 419 Å². The Morgan fingerprint density at radius 3 is 1.99 bits per heavy atom. The minimum absolute atomic E-state index is 0.0862. The van der Waals surface area contributed by atoms with Gasteiger partial charge in [0.25, 0.3) is 11.8 Å². The molecule has 1 aromatic carbocycles. The van der Waals surface area contributed by atoms with Crippen LogP contribution in [0.3, 0.4) is 0 Å². The average molecular weight is 1080 g/mol. The van der Waals surface area contributed by atoms with Gasteiger partial charge in [-0.3, -0.25) is 38.5 Å². The van der Waals surface area contributed by atoms with Gasteiger partial charge in [-0.05, 0) is 80.9 Å². The van der Waals surface area contributed by atoms with Crippen LogP contribution < -0.4 is 10.6 Å². The lowest BCUT2D eigenvalue weighted by Crippen LogP contribution is -2.60. The van der Waals surface area contributed by atoms with E-state index in [-0.39, 0.29) is 70.2 Å². The Morgan fingerprint density at radius 1 is 0.838 bits per heavy atom. The summed E-state index contributed by atoms with van der Waals surface area (Å²) < 4.78 is 12.3. The van der Waals surface area contributed by atoms with E-state index >= 15 is 0 Å². The molecule has 1 saturated heterocycles. The van der Waals surface area contributed by atoms with E-state index in [9.17, 15) is 43.5 Å². The van der Waals surface area contributed by atoms with Crippen molar-refractivity contribution in [2.45, 2.75) is 149 Å². The van der Waals surface area contributed by atoms with Crippen LogP contribution in [0, 0.1) is 23.7 Å². The van der Waals surface area contributed by atoms with E-state index in [4.69, 9.17) is 9.47 Å². The molecule has 0 radical (unpaired) electrons. The summed E-state index contributed by atoms with van der Waals surface area (Å²) in [5.74, 6) is -5.44. The number of nitrogens with zero attached hydrogens (tertiary/aromatic N) is 4. The van der Waals surface area contributed by atoms with E-state index in [0.717, 1.165) is 10.5 Å². The van der Waals surface area contributed by atoms with Crippen molar-refractivity contribution in [2.75, 3.05) is 41.4 Å². The van der Waals surface area contributed by atoms with Gasteiger partial charge >= 0.3 is 5.97 Å². The molecule has 0 bridgehead atoms. The monoisotopic (exact) mass is 1080 g/mol. The third kappa shape index (κ3) is 14.9. The van der Waals surface area contributed by atoms with Gasteiger partial charge in [0.05, 0.1) is 36.6 Å². The SMILES string of the molecule is CC[C@@H](C)[C@@H]([C@@H](CC(=O)N1CCC[C@H]1[C@H](OC)[C@@H](C)C(=O)N[C@@H](Cc1ccccc1)C(=O)O)OC)N(C)C(=O)[C@@H](NC(=O)[C@H](C(C)C)N(C)C(=O)CCCCCN1C(=O)C(Br)=C(Br)C1=O)C(C)C. The maximum absolute atomic E-state index is 14.6. The molecule has 1 aromatic rings. The van der Waals surface area contributed by atoms with E-state index in [1.165, 1.54) is 19.1 Å². The number of benzene rings is 1. The second-order valence-corrected chi connectivity index (χ2v) is 20.4. The number of halogens is 2. The van der Waals surface area contributed by atoms with E-state index in [1.807, 2.05) is 47.6 Å². The number of carbonyl (C=O) groups is 8. The normalized spacial score (nSPS) is 18.8. The third-order valence-electron chi connectivity index (χ3n) is 13.4. The first-order valence-electron chi connectivity index (χ1n) is 23.7. The van der Waals surface area contributed by atoms with Gasteiger partial charge in [0.15, 0.2) is 0 Å². The number of carboxylic acid groups (broad SMARTS) is 1. The number of likely N-dealkylation sites (tertiary alicyclic amines) is 1. The van der Waals surface area contributed by atoms with Crippen LogP contribution in [-0.2, 0) is 54.3 Å². The Balaban J connectivity index is 1.70. The van der Waals surface area contributed by atoms with Crippen molar-refractivity contribution in [1.29, 1.82) is 0 Å². The van der Waals surface area contributed by atoms with Crippen LogP contribution >= 0.6 is 31.9 Å². The molecule has 7 amide bonds. The summed E-state index contributed by atoms with van der Waals surface area (Å²) in [6.07, 6.45) is 2.09. The zero-order valence-electron chi connectivity index (χ0n) is 41.6. The van der Waals surface area contributed by atoms with Gasteiger partial charge in [0.2, 0.25) is 29.5 Å². The predicted molar refractivity (Wildman–Crippen MR) is 264 cm³/mol. The van der Waals surface area contributed by atoms with Crippen molar-refractivity contribution < 1.29 is 52.9 Å². The third-order valence-corrected chi connectivity index (χ3v) is 15.4. The number of imide groups is 1. The van der Waals surface area contributed by atoms with Crippen LogP contribution in [0.25, 0.3) is 0 Å². The number of hydrogen-bond donors (Lipinski definition) is 3. The molecule has 9 atom stereocenters. The molecular weight excluding hydrogens is 1010 g/mol. The van der Waals surface area contributed by atoms with Gasteiger partial charge in [0, 0.05) is 54.2 Å². The molecular formula is C49H74Br2N6O11. The number of nitrogens with one attached hydrogen (secondary N) is 2. The molecule has 17 nitrogen and oxygen atoms in total. The fourth-order valence-electron chi connectivity index (χ4n) is 9.33. The topological polar surface area (TPSA) is 212 Å². The fourth-order valence-corrected chi connectivity index (χ4v) is 10.1. The number of rotatable bonds is 27. The van der Waals surface area contributed by atoms with E-state index in [1.54, 1.807) is 55.1 Å². The zero-order valence-corrected chi connectivity index (χ0v) is 44.8. The number of methoxy groups -OCH3 is 2. The Hall–Kier alpha value is -4.20. The number of likely N-dealkylation sites (N-methyl/N-ethyl adjacent to an activating group) is 2. The summed E-state index contributed by atoms with van der Waals surface area (Å²) in [5.41, 5.74) is 0.761. The Bertz CT molecular complexity index is 1940. The molecule has 2 heterocycles. The molecule has 3 rings (SSSR count). The van der Waals surface area contributed by atoms with Crippen LogP contribution in [0.2, 0.25) is 0 Å². The fraction of sp³-hybridized carbons (Fsp3) is 0.673. The molecule has 68 heavy (non-hydrogen) atoms. The largest absolute Gasteiger partial charge is 0.480 e. The van der Waals surface area contributed by atoms with Crippen molar-refractivity contribution in [3.63, 3.8) is 0 Å². The highest BCUT2D eigenvalue weighted by atomic mass is 79.9. The quantitative estimate of drug-likeness (QED) is 0.0763. The van der Waals surface area contributed by atoms with E-state index in [2.05, 4.69) is 42.5 Å². The number of hydrogen-bond acceptors (Lipinski definition) is 10. The summed E-state index contributed by atoms with van der Waals surface area (Å²) in [4.78, 5) is 113. The average Bonchev–Trinajstić information content (AvgIpc) is 3.86.